The van der Waals surface area contributed by atoms with Gasteiger partial charge in [-0.2, -0.15) is 0 Å². The molecule has 0 bridgehead atoms. The summed E-state index contributed by atoms with van der Waals surface area (Å²) < 4.78 is 5.93. The number of amides is 1. The first-order valence-electron chi connectivity index (χ1n) is 9.13. The van der Waals surface area contributed by atoms with Gasteiger partial charge in [0.25, 0.3) is 0 Å². The van der Waals surface area contributed by atoms with Crippen molar-refractivity contribution in [1.82, 2.24) is 4.90 Å². The number of benzene rings is 2. The van der Waals surface area contributed by atoms with Crippen molar-refractivity contribution in [2.24, 2.45) is 0 Å². The molecule has 1 aliphatic heterocycles. The van der Waals surface area contributed by atoms with Crippen LogP contribution < -0.4 is 10.1 Å². The number of ether oxygens (including phenoxy) is 1. The van der Waals surface area contributed by atoms with E-state index in [1.165, 1.54) is 5.56 Å². The minimum atomic E-state index is 0.0701. The average molecular weight is 354 g/mol. The third-order valence-corrected chi connectivity index (χ3v) is 4.84. The molecule has 1 amide bonds. The molecule has 2 N–H and O–H groups in total. The number of aliphatic hydroxyl groups excluding tert-OH is 1. The fraction of sp³-hybridized carbons (Fsp3) is 0.381. The summed E-state index contributed by atoms with van der Waals surface area (Å²) in [5.74, 6) is 0.886. The number of aliphatic hydroxyl groups is 1. The van der Waals surface area contributed by atoms with Crippen LogP contribution in [0.4, 0.5) is 5.69 Å². The minimum absolute atomic E-state index is 0.0701. The van der Waals surface area contributed by atoms with Gasteiger partial charge in [-0.15, -0.1) is 0 Å². The Morgan fingerprint density at radius 2 is 1.96 bits per heavy atom. The van der Waals surface area contributed by atoms with Crippen molar-refractivity contribution in [3.8, 4) is 5.75 Å². The SMILES string of the molecule is C[C@H](c1ccccc1)N(CCO)CCOc1ccc2c(c1)CCC(=O)N2. The van der Waals surface area contributed by atoms with Crippen molar-refractivity contribution in [2.45, 2.75) is 25.8 Å². The molecule has 0 fully saturated rings. The molecular formula is C21H26N2O3. The smallest absolute Gasteiger partial charge is 0.224 e. The van der Waals surface area contributed by atoms with Crippen LogP contribution in [0.1, 0.15) is 30.5 Å². The fourth-order valence-corrected chi connectivity index (χ4v) is 3.30. The topological polar surface area (TPSA) is 61.8 Å². The van der Waals surface area contributed by atoms with Gasteiger partial charge >= 0.3 is 0 Å². The molecule has 0 saturated carbocycles. The summed E-state index contributed by atoms with van der Waals surface area (Å²) in [4.78, 5) is 13.6. The molecular weight excluding hydrogens is 328 g/mol. The molecule has 5 heteroatoms. The van der Waals surface area contributed by atoms with Gasteiger partial charge in [0, 0.05) is 31.2 Å². The van der Waals surface area contributed by atoms with Crippen LogP contribution in [-0.2, 0) is 11.2 Å². The number of nitrogens with one attached hydrogen (secondary N) is 1. The second-order valence-corrected chi connectivity index (χ2v) is 6.56. The summed E-state index contributed by atoms with van der Waals surface area (Å²) in [6.07, 6.45) is 1.27. The van der Waals surface area contributed by atoms with Gasteiger partial charge in [0.1, 0.15) is 12.4 Å². The number of aryl methyl sites for hydroxylation is 1. The van der Waals surface area contributed by atoms with Crippen molar-refractivity contribution in [3.63, 3.8) is 0 Å². The van der Waals surface area contributed by atoms with Crippen LogP contribution in [0.5, 0.6) is 5.75 Å². The lowest BCUT2D eigenvalue weighted by Crippen LogP contribution is -2.33. The predicted molar refractivity (Wildman–Crippen MR) is 102 cm³/mol. The molecule has 1 aliphatic rings. The molecule has 0 spiro atoms. The first-order valence-corrected chi connectivity index (χ1v) is 9.13. The molecule has 2 aromatic carbocycles. The van der Waals surface area contributed by atoms with E-state index in [2.05, 4.69) is 29.3 Å². The van der Waals surface area contributed by atoms with E-state index in [1.807, 2.05) is 36.4 Å². The van der Waals surface area contributed by atoms with E-state index in [4.69, 9.17) is 4.74 Å². The Labute approximate surface area is 154 Å². The highest BCUT2D eigenvalue weighted by molar-refractivity contribution is 5.93. The molecule has 26 heavy (non-hydrogen) atoms. The van der Waals surface area contributed by atoms with Crippen molar-refractivity contribution in [3.05, 3.63) is 59.7 Å². The Morgan fingerprint density at radius 3 is 2.73 bits per heavy atom. The van der Waals surface area contributed by atoms with E-state index in [9.17, 15) is 9.90 Å². The van der Waals surface area contributed by atoms with Crippen molar-refractivity contribution >= 4 is 11.6 Å². The first-order chi connectivity index (χ1) is 12.7. The molecule has 0 unspecified atom stereocenters. The second-order valence-electron chi connectivity index (χ2n) is 6.56. The number of rotatable bonds is 8. The van der Waals surface area contributed by atoms with Gasteiger partial charge in [-0.25, -0.2) is 0 Å². The van der Waals surface area contributed by atoms with Crippen LogP contribution in [0.2, 0.25) is 0 Å². The molecule has 0 radical (unpaired) electrons. The Morgan fingerprint density at radius 1 is 1.15 bits per heavy atom. The molecule has 138 valence electrons. The maximum atomic E-state index is 11.4. The third kappa shape index (κ3) is 4.62. The zero-order valence-corrected chi connectivity index (χ0v) is 15.1. The summed E-state index contributed by atoms with van der Waals surface area (Å²) in [6.45, 7) is 4.14. The monoisotopic (exact) mass is 354 g/mol. The fourth-order valence-electron chi connectivity index (χ4n) is 3.30. The number of anilines is 1. The Kier molecular flexibility index (Phi) is 6.26. The molecule has 1 heterocycles. The maximum absolute atomic E-state index is 11.4. The zero-order chi connectivity index (χ0) is 18.4. The number of fused-ring (bicyclic) bond motifs is 1. The number of hydrogen-bond acceptors (Lipinski definition) is 4. The molecule has 0 saturated heterocycles. The first kappa shape index (κ1) is 18.4. The van der Waals surface area contributed by atoms with Gasteiger partial charge in [-0.1, -0.05) is 30.3 Å². The minimum Gasteiger partial charge on any atom is -0.492 e. The number of hydrogen-bond donors (Lipinski definition) is 2. The quantitative estimate of drug-likeness (QED) is 0.765. The van der Waals surface area contributed by atoms with Gasteiger partial charge < -0.3 is 15.2 Å². The zero-order valence-electron chi connectivity index (χ0n) is 15.1. The highest BCUT2D eigenvalue weighted by Crippen LogP contribution is 2.27. The van der Waals surface area contributed by atoms with Gasteiger partial charge in [-0.3, -0.25) is 9.69 Å². The van der Waals surface area contributed by atoms with Crippen molar-refractivity contribution < 1.29 is 14.6 Å². The number of nitrogens with zero attached hydrogens (tertiary/aromatic N) is 1. The van der Waals surface area contributed by atoms with E-state index >= 15 is 0 Å². The molecule has 2 aromatic rings. The third-order valence-electron chi connectivity index (χ3n) is 4.84. The number of carbonyl (C=O) groups is 1. The number of carbonyl (C=O) groups excluding carboxylic acids is 1. The van der Waals surface area contributed by atoms with Crippen LogP contribution in [0.15, 0.2) is 48.5 Å². The van der Waals surface area contributed by atoms with Crippen LogP contribution in [-0.4, -0.2) is 42.2 Å². The van der Waals surface area contributed by atoms with Gasteiger partial charge in [0.05, 0.1) is 6.61 Å². The van der Waals surface area contributed by atoms with E-state index in [0.29, 0.717) is 19.6 Å². The Balaban J connectivity index is 1.57. The molecule has 5 nitrogen and oxygen atoms in total. The van der Waals surface area contributed by atoms with Gasteiger partial charge in [0.2, 0.25) is 5.91 Å². The maximum Gasteiger partial charge on any atom is 0.224 e. The van der Waals surface area contributed by atoms with Crippen molar-refractivity contribution in [1.29, 1.82) is 0 Å². The largest absolute Gasteiger partial charge is 0.492 e. The normalized spacial score (nSPS) is 14.7. The molecule has 1 atom stereocenters. The van der Waals surface area contributed by atoms with Crippen molar-refractivity contribution in [2.75, 3.05) is 31.6 Å². The lowest BCUT2D eigenvalue weighted by molar-refractivity contribution is -0.116. The van der Waals surface area contributed by atoms with Gasteiger partial charge in [-0.05, 0) is 42.7 Å². The average Bonchev–Trinajstić information content (AvgIpc) is 2.67. The summed E-state index contributed by atoms with van der Waals surface area (Å²) in [6, 6.07) is 16.3. The summed E-state index contributed by atoms with van der Waals surface area (Å²) in [7, 11) is 0. The molecule has 0 aromatic heterocycles. The van der Waals surface area contributed by atoms with E-state index < -0.39 is 0 Å². The van der Waals surface area contributed by atoms with E-state index in [1.54, 1.807) is 0 Å². The van der Waals surface area contributed by atoms with E-state index in [-0.39, 0.29) is 18.6 Å². The lowest BCUT2D eigenvalue weighted by atomic mass is 10.0. The predicted octanol–water partition coefficient (Wildman–Crippen LogP) is 3.01. The molecule has 0 aliphatic carbocycles. The highest BCUT2D eigenvalue weighted by atomic mass is 16.5. The summed E-state index contributed by atoms with van der Waals surface area (Å²) in [5.41, 5.74) is 3.23. The van der Waals surface area contributed by atoms with E-state index in [0.717, 1.165) is 30.0 Å². The van der Waals surface area contributed by atoms with Crippen LogP contribution in [0, 0.1) is 0 Å². The molecule has 3 rings (SSSR count). The van der Waals surface area contributed by atoms with Crippen LogP contribution in [0.25, 0.3) is 0 Å². The van der Waals surface area contributed by atoms with Crippen LogP contribution >= 0.6 is 0 Å². The highest BCUT2D eigenvalue weighted by Gasteiger charge is 2.17. The lowest BCUT2D eigenvalue weighted by Gasteiger charge is -2.28. The summed E-state index contributed by atoms with van der Waals surface area (Å²) in [5, 5.41) is 12.3. The Hall–Kier alpha value is -2.37. The second kappa shape index (κ2) is 8.83. The van der Waals surface area contributed by atoms with Crippen LogP contribution in [0.3, 0.4) is 0 Å². The summed E-state index contributed by atoms with van der Waals surface area (Å²) >= 11 is 0. The van der Waals surface area contributed by atoms with Gasteiger partial charge in [0.15, 0.2) is 0 Å². The Bertz CT molecular complexity index is 733. The standard InChI is InChI=1S/C21H26N2O3/c1-16(17-5-3-2-4-6-17)23(11-13-24)12-14-26-19-8-9-20-18(15-19)7-10-21(25)22-20/h2-6,8-9,15-16,24H,7,10-14H2,1H3,(H,22,25)/t16-/m1/s1.